The topological polar surface area (TPSA) is 58.0 Å². The molecule has 2 rings (SSSR count). The van der Waals surface area contributed by atoms with E-state index in [9.17, 15) is 13.2 Å². The molecular formula is C11H10F3N3OS. The number of hydrogen-bond acceptors (Lipinski definition) is 5. The first kappa shape index (κ1) is 13.8. The minimum atomic E-state index is -4.51. The normalized spacial score (nSPS) is 11.6. The van der Waals surface area contributed by atoms with Crippen molar-refractivity contribution in [1.82, 2.24) is 9.36 Å². The summed E-state index contributed by atoms with van der Waals surface area (Å²) in [6, 6.07) is 7.06. The predicted molar refractivity (Wildman–Crippen MR) is 64.6 cm³/mol. The van der Waals surface area contributed by atoms with Crippen molar-refractivity contribution in [3.05, 3.63) is 41.2 Å². The van der Waals surface area contributed by atoms with Crippen molar-refractivity contribution in [3.8, 4) is 0 Å². The average Bonchev–Trinajstić information content (AvgIpc) is 2.86. The number of rotatable bonds is 4. The first-order chi connectivity index (χ1) is 8.99. The van der Waals surface area contributed by atoms with Crippen LogP contribution in [0.5, 0.6) is 0 Å². The lowest BCUT2D eigenvalue weighted by molar-refractivity contribution is -0.144. The Labute approximate surface area is 111 Å². The number of benzene rings is 1. The summed E-state index contributed by atoms with van der Waals surface area (Å²) in [6.45, 7) is 0.303. The Hall–Kier alpha value is -1.67. The summed E-state index contributed by atoms with van der Waals surface area (Å²) in [6.07, 6.45) is -4.51. The van der Waals surface area contributed by atoms with Crippen molar-refractivity contribution in [2.45, 2.75) is 19.3 Å². The molecule has 0 radical (unpaired) electrons. The Morgan fingerprint density at radius 2 is 1.79 bits per heavy atom. The third-order valence-corrected chi connectivity index (χ3v) is 3.00. The number of halogens is 3. The van der Waals surface area contributed by atoms with Gasteiger partial charge in [-0.3, -0.25) is 0 Å². The standard InChI is InChI=1S/C11H10F3N3OS/c12-11(13,14)9-16-10(19-17-9)15-5-7-1-3-8(6-18)4-2-7/h1-4,18H,5-6H2,(H,15,16,17). The number of aliphatic hydroxyl groups is 1. The number of hydrogen-bond donors (Lipinski definition) is 2. The predicted octanol–water partition coefficient (Wildman–Crippen LogP) is 2.66. The van der Waals surface area contributed by atoms with Crippen molar-refractivity contribution < 1.29 is 18.3 Å². The lowest BCUT2D eigenvalue weighted by atomic mass is 10.1. The molecule has 0 spiro atoms. The smallest absolute Gasteiger partial charge is 0.392 e. The molecule has 0 unspecified atom stereocenters. The molecule has 0 amide bonds. The van der Waals surface area contributed by atoms with Crippen LogP contribution in [0.2, 0.25) is 0 Å². The van der Waals surface area contributed by atoms with Gasteiger partial charge in [-0.25, -0.2) is 0 Å². The molecule has 0 saturated heterocycles. The van der Waals surface area contributed by atoms with Crippen molar-refractivity contribution in [2.75, 3.05) is 5.32 Å². The van der Waals surface area contributed by atoms with Crippen LogP contribution in [0.15, 0.2) is 24.3 Å². The summed E-state index contributed by atoms with van der Waals surface area (Å²) in [4.78, 5) is 3.36. The summed E-state index contributed by atoms with van der Waals surface area (Å²) in [5.41, 5.74) is 1.65. The Morgan fingerprint density at radius 1 is 1.16 bits per heavy atom. The zero-order chi connectivity index (χ0) is 13.9. The van der Waals surface area contributed by atoms with Crippen LogP contribution in [0.1, 0.15) is 17.0 Å². The minimum Gasteiger partial charge on any atom is -0.392 e. The van der Waals surface area contributed by atoms with Gasteiger partial charge < -0.3 is 10.4 Å². The van der Waals surface area contributed by atoms with Gasteiger partial charge in [0.25, 0.3) is 0 Å². The van der Waals surface area contributed by atoms with Crippen molar-refractivity contribution in [1.29, 1.82) is 0 Å². The van der Waals surface area contributed by atoms with Gasteiger partial charge in [-0.2, -0.15) is 22.5 Å². The van der Waals surface area contributed by atoms with Crippen LogP contribution in [0.25, 0.3) is 0 Å². The highest BCUT2D eigenvalue weighted by molar-refractivity contribution is 7.09. The summed E-state index contributed by atoms with van der Waals surface area (Å²) in [7, 11) is 0. The average molecular weight is 289 g/mol. The summed E-state index contributed by atoms with van der Waals surface area (Å²) < 4.78 is 40.1. The van der Waals surface area contributed by atoms with Gasteiger partial charge >= 0.3 is 6.18 Å². The van der Waals surface area contributed by atoms with E-state index in [0.29, 0.717) is 18.1 Å². The quantitative estimate of drug-likeness (QED) is 0.908. The number of nitrogens with zero attached hydrogens (tertiary/aromatic N) is 2. The van der Waals surface area contributed by atoms with Gasteiger partial charge in [-0.05, 0) is 11.1 Å². The van der Waals surface area contributed by atoms with Gasteiger partial charge in [0.1, 0.15) is 0 Å². The molecule has 102 valence electrons. The van der Waals surface area contributed by atoms with Crippen LogP contribution >= 0.6 is 11.5 Å². The van der Waals surface area contributed by atoms with Gasteiger partial charge in [0.15, 0.2) is 0 Å². The zero-order valence-electron chi connectivity index (χ0n) is 9.61. The second kappa shape index (κ2) is 5.54. The Morgan fingerprint density at radius 3 is 2.32 bits per heavy atom. The number of aromatic nitrogens is 2. The van der Waals surface area contributed by atoms with Crippen LogP contribution in [0, 0.1) is 0 Å². The minimum absolute atomic E-state index is 0.0426. The van der Waals surface area contributed by atoms with E-state index in [1.54, 1.807) is 24.3 Å². The van der Waals surface area contributed by atoms with E-state index in [0.717, 1.165) is 11.1 Å². The molecule has 2 aromatic rings. The lowest BCUT2D eigenvalue weighted by Gasteiger charge is -2.03. The second-order valence-corrected chi connectivity index (χ2v) is 4.50. The van der Waals surface area contributed by atoms with Crippen LogP contribution in [-0.4, -0.2) is 14.5 Å². The Bertz CT molecular complexity index is 539. The van der Waals surface area contributed by atoms with Gasteiger partial charge in [0, 0.05) is 18.1 Å². The number of anilines is 1. The van der Waals surface area contributed by atoms with E-state index in [1.807, 2.05) is 0 Å². The molecule has 0 bridgehead atoms. The van der Waals surface area contributed by atoms with Crippen LogP contribution in [0.3, 0.4) is 0 Å². The van der Waals surface area contributed by atoms with Crippen LogP contribution < -0.4 is 5.32 Å². The molecule has 0 aliphatic heterocycles. The van der Waals surface area contributed by atoms with Gasteiger partial charge in [-0.15, -0.1) is 0 Å². The number of alkyl halides is 3. The fourth-order valence-corrected chi connectivity index (χ4v) is 1.93. The third-order valence-electron chi connectivity index (χ3n) is 2.33. The third kappa shape index (κ3) is 3.65. The van der Waals surface area contributed by atoms with Crippen molar-refractivity contribution >= 4 is 16.7 Å². The number of nitrogens with one attached hydrogen (secondary N) is 1. The lowest BCUT2D eigenvalue weighted by Crippen LogP contribution is -2.07. The van der Waals surface area contributed by atoms with Crippen LogP contribution in [0.4, 0.5) is 18.3 Å². The van der Waals surface area contributed by atoms with Gasteiger partial charge in [0.05, 0.1) is 6.61 Å². The van der Waals surface area contributed by atoms with Crippen LogP contribution in [-0.2, 0) is 19.3 Å². The molecule has 4 nitrogen and oxygen atoms in total. The van der Waals surface area contributed by atoms with E-state index in [2.05, 4.69) is 14.7 Å². The highest BCUT2D eigenvalue weighted by Crippen LogP contribution is 2.29. The summed E-state index contributed by atoms with van der Waals surface area (Å²) in [5, 5.41) is 11.8. The molecule has 8 heteroatoms. The Kier molecular flexibility index (Phi) is 4.01. The molecule has 0 aliphatic carbocycles. The van der Waals surface area contributed by atoms with E-state index in [1.165, 1.54) is 0 Å². The zero-order valence-corrected chi connectivity index (χ0v) is 10.4. The van der Waals surface area contributed by atoms with E-state index in [-0.39, 0.29) is 11.7 Å². The first-order valence-electron chi connectivity index (χ1n) is 5.32. The van der Waals surface area contributed by atoms with E-state index < -0.39 is 12.0 Å². The molecule has 2 N–H and O–H groups in total. The maximum absolute atomic E-state index is 12.3. The largest absolute Gasteiger partial charge is 0.452 e. The molecule has 1 heterocycles. The molecule has 1 aromatic carbocycles. The van der Waals surface area contributed by atoms with E-state index in [4.69, 9.17) is 5.11 Å². The molecular weight excluding hydrogens is 279 g/mol. The molecule has 0 atom stereocenters. The van der Waals surface area contributed by atoms with Gasteiger partial charge in [0.2, 0.25) is 11.0 Å². The highest BCUT2D eigenvalue weighted by atomic mass is 32.1. The molecule has 0 fully saturated rings. The summed E-state index contributed by atoms with van der Waals surface area (Å²) >= 11 is 0.671. The SMILES string of the molecule is OCc1ccc(CNc2nc(C(F)(F)F)ns2)cc1. The Balaban J connectivity index is 1.96. The second-order valence-electron chi connectivity index (χ2n) is 3.75. The molecule has 1 aromatic heterocycles. The highest BCUT2D eigenvalue weighted by Gasteiger charge is 2.36. The maximum Gasteiger partial charge on any atom is 0.452 e. The molecule has 0 saturated carbocycles. The van der Waals surface area contributed by atoms with Crippen molar-refractivity contribution in [3.63, 3.8) is 0 Å². The first-order valence-corrected chi connectivity index (χ1v) is 6.10. The fourth-order valence-electron chi connectivity index (χ4n) is 1.35. The van der Waals surface area contributed by atoms with Crippen molar-refractivity contribution in [2.24, 2.45) is 0 Å². The maximum atomic E-state index is 12.3. The van der Waals surface area contributed by atoms with Gasteiger partial charge in [-0.1, -0.05) is 24.3 Å². The molecule has 0 aliphatic rings. The monoisotopic (exact) mass is 289 g/mol. The van der Waals surface area contributed by atoms with E-state index >= 15 is 0 Å². The molecule has 19 heavy (non-hydrogen) atoms. The fraction of sp³-hybridized carbons (Fsp3) is 0.273. The number of aliphatic hydroxyl groups excluding tert-OH is 1. The summed E-state index contributed by atoms with van der Waals surface area (Å²) in [5.74, 6) is -1.13.